The Morgan fingerprint density at radius 1 is 0.975 bits per heavy atom. The van der Waals surface area contributed by atoms with Gasteiger partial charge in [-0.3, -0.25) is 9.69 Å². The Bertz CT molecular complexity index is 1380. The molecule has 3 heterocycles. The number of amides is 3. The molecule has 3 amide bonds. The summed E-state index contributed by atoms with van der Waals surface area (Å²) in [6.45, 7) is 3.86. The second-order valence-corrected chi connectivity index (χ2v) is 11.3. The molecule has 3 atom stereocenters. The van der Waals surface area contributed by atoms with Crippen LogP contribution < -0.4 is 15.4 Å². The molecule has 0 aliphatic carbocycles. The first-order valence-corrected chi connectivity index (χ1v) is 14.5. The Labute approximate surface area is 234 Å². The number of benzene rings is 3. The van der Waals surface area contributed by atoms with Crippen molar-refractivity contribution in [1.29, 1.82) is 0 Å². The summed E-state index contributed by atoms with van der Waals surface area (Å²) >= 11 is 0. The van der Waals surface area contributed by atoms with E-state index in [0.29, 0.717) is 43.1 Å². The number of nitrogens with zero attached hydrogens (tertiary/aromatic N) is 2. The average Bonchev–Trinajstić information content (AvgIpc) is 3.52. The predicted molar refractivity (Wildman–Crippen MR) is 154 cm³/mol. The van der Waals surface area contributed by atoms with Gasteiger partial charge in [-0.1, -0.05) is 30.3 Å². The summed E-state index contributed by atoms with van der Waals surface area (Å²) in [6.07, 6.45) is 5.54. The molecule has 2 unspecified atom stereocenters. The minimum atomic E-state index is -0.493. The fourth-order valence-corrected chi connectivity index (χ4v) is 6.83. The fourth-order valence-electron chi connectivity index (χ4n) is 6.83. The smallest absolute Gasteiger partial charge is 0.318 e. The van der Waals surface area contributed by atoms with Crippen molar-refractivity contribution in [1.82, 2.24) is 15.1 Å². The normalized spacial score (nSPS) is 24.3. The molecular weight excluding hydrogens is 507 g/mol. The molecule has 7 nitrogen and oxygen atoms in total. The molecule has 0 radical (unpaired) electrons. The number of hydrogen-bond acceptors (Lipinski definition) is 4. The Balaban J connectivity index is 1.06. The van der Waals surface area contributed by atoms with Crippen molar-refractivity contribution in [3.63, 3.8) is 0 Å². The van der Waals surface area contributed by atoms with Crippen molar-refractivity contribution >= 4 is 28.4 Å². The van der Waals surface area contributed by atoms with Crippen LogP contribution in [0.25, 0.3) is 10.8 Å². The summed E-state index contributed by atoms with van der Waals surface area (Å²) in [7, 11) is 0. The van der Waals surface area contributed by atoms with Crippen LogP contribution in [0.4, 0.5) is 14.9 Å². The van der Waals surface area contributed by atoms with Gasteiger partial charge >= 0.3 is 6.03 Å². The number of hydrogen-bond donors (Lipinski definition) is 2. The largest absolute Gasteiger partial charge is 0.492 e. The highest BCUT2D eigenvalue weighted by Crippen LogP contribution is 2.37. The number of carbonyl (C=O) groups excluding carboxylic acids is 2. The molecule has 3 fully saturated rings. The summed E-state index contributed by atoms with van der Waals surface area (Å²) in [5, 5.41) is 8.23. The van der Waals surface area contributed by atoms with Crippen LogP contribution in [0, 0.1) is 5.82 Å². The number of piperidine rings is 1. The van der Waals surface area contributed by atoms with Gasteiger partial charge in [-0.15, -0.1) is 0 Å². The van der Waals surface area contributed by atoms with E-state index in [2.05, 4.69) is 27.7 Å². The molecule has 0 spiro atoms. The Morgan fingerprint density at radius 3 is 2.52 bits per heavy atom. The van der Waals surface area contributed by atoms with Crippen LogP contribution >= 0.6 is 0 Å². The SMILES string of the molecule is CCOc1ccccc1NC(=O)[C@@H]1CCCN1C(=O)NC1CC2CCC(C1)N2Cc1ccc2cc(F)ccc2c1. The predicted octanol–water partition coefficient (Wildman–Crippen LogP) is 5.69. The molecule has 6 rings (SSSR count). The Morgan fingerprint density at radius 2 is 1.73 bits per heavy atom. The quantitative estimate of drug-likeness (QED) is 0.401. The summed E-state index contributed by atoms with van der Waals surface area (Å²) in [5.74, 6) is 0.246. The van der Waals surface area contributed by atoms with Gasteiger partial charge in [0.15, 0.2) is 0 Å². The third-order valence-electron chi connectivity index (χ3n) is 8.70. The number of nitrogens with one attached hydrogen (secondary N) is 2. The summed E-state index contributed by atoms with van der Waals surface area (Å²) < 4.78 is 19.2. The number of fused-ring (bicyclic) bond motifs is 3. The van der Waals surface area contributed by atoms with E-state index in [-0.39, 0.29) is 23.8 Å². The highest BCUT2D eigenvalue weighted by molar-refractivity contribution is 5.98. The average molecular weight is 545 g/mol. The van der Waals surface area contributed by atoms with Gasteiger partial charge in [-0.05, 0) is 92.1 Å². The lowest BCUT2D eigenvalue weighted by Crippen LogP contribution is -2.54. The molecule has 8 heteroatoms. The van der Waals surface area contributed by atoms with E-state index in [0.717, 1.165) is 49.4 Å². The fraction of sp³-hybridized carbons (Fsp3) is 0.438. The van der Waals surface area contributed by atoms with Crippen molar-refractivity contribution in [3.05, 3.63) is 72.0 Å². The van der Waals surface area contributed by atoms with Crippen LogP contribution in [0.5, 0.6) is 5.75 Å². The van der Waals surface area contributed by atoms with Crippen LogP contribution in [0.1, 0.15) is 51.0 Å². The molecule has 2 N–H and O–H groups in total. The number of urea groups is 1. The maximum Gasteiger partial charge on any atom is 0.318 e. The van der Waals surface area contributed by atoms with E-state index in [1.54, 1.807) is 11.0 Å². The first-order valence-electron chi connectivity index (χ1n) is 14.5. The van der Waals surface area contributed by atoms with Gasteiger partial charge in [0, 0.05) is 31.2 Å². The number of rotatable bonds is 7. The molecule has 0 aromatic heterocycles. The van der Waals surface area contributed by atoms with Gasteiger partial charge in [0.05, 0.1) is 12.3 Å². The first-order chi connectivity index (χ1) is 19.5. The van der Waals surface area contributed by atoms with E-state index >= 15 is 0 Å². The number of carbonyl (C=O) groups is 2. The van der Waals surface area contributed by atoms with Crippen molar-refractivity contribution in [2.45, 2.75) is 76.2 Å². The molecule has 3 aromatic carbocycles. The Hall–Kier alpha value is -3.65. The second kappa shape index (κ2) is 11.5. The second-order valence-electron chi connectivity index (χ2n) is 11.3. The molecule has 3 saturated heterocycles. The van der Waals surface area contributed by atoms with E-state index in [1.165, 1.54) is 11.6 Å². The summed E-state index contributed by atoms with van der Waals surface area (Å²) in [4.78, 5) is 30.8. The number of ether oxygens (including phenoxy) is 1. The maximum absolute atomic E-state index is 13.6. The standard InChI is InChI=1S/C32H37FN4O3/c1-2-40-30-8-4-3-6-28(30)35-31(38)29-7-5-15-36(29)32(39)34-25-18-26-13-14-27(19-25)37(26)20-21-9-10-23-17-24(33)12-11-22(23)16-21/h3-4,6,8-12,16-17,25-27,29H,2,5,7,13-15,18-20H2,1H3,(H,34,39)(H,35,38)/t25?,26?,27?,29-/m0/s1. The van der Waals surface area contributed by atoms with Gasteiger partial charge in [0.2, 0.25) is 5.91 Å². The third-order valence-corrected chi connectivity index (χ3v) is 8.70. The van der Waals surface area contributed by atoms with Crippen LogP contribution in [0.3, 0.4) is 0 Å². The molecule has 0 saturated carbocycles. The molecule has 3 aromatic rings. The zero-order chi connectivity index (χ0) is 27.6. The molecular formula is C32H37FN4O3. The molecule has 3 aliphatic heterocycles. The lowest BCUT2D eigenvalue weighted by molar-refractivity contribution is -0.119. The van der Waals surface area contributed by atoms with E-state index in [9.17, 15) is 14.0 Å². The Kier molecular flexibility index (Phi) is 7.61. The third kappa shape index (κ3) is 5.50. The zero-order valence-corrected chi connectivity index (χ0v) is 22.9. The summed E-state index contributed by atoms with van der Waals surface area (Å²) in [5.41, 5.74) is 1.86. The van der Waals surface area contributed by atoms with Crippen molar-refractivity contribution in [3.8, 4) is 5.75 Å². The molecule has 2 bridgehead atoms. The van der Waals surface area contributed by atoms with Gasteiger partial charge in [-0.2, -0.15) is 0 Å². The van der Waals surface area contributed by atoms with Crippen LogP contribution in [-0.2, 0) is 11.3 Å². The minimum Gasteiger partial charge on any atom is -0.492 e. The minimum absolute atomic E-state index is 0.101. The number of para-hydroxylation sites is 2. The zero-order valence-electron chi connectivity index (χ0n) is 22.9. The van der Waals surface area contributed by atoms with Crippen LogP contribution in [-0.4, -0.2) is 59.1 Å². The van der Waals surface area contributed by atoms with E-state index in [4.69, 9.17) is 4.74 Å². The van der Waals surface area contributed by atoms with Crippen LogP contribution in [0.15, 0.2) is 60.7 Å². The lowest BCUT2D eigenvalue weighted by atomic mass is 9.96. The highest BCUT2D eigenvalue weighted by atomic mass is 19.1. The van der Waals surface area contributed by atoms with E-state index in [1.807, 2.05) is 43.3 Å². The van der Waals surface area contributed by atoms with Gasteiger partial charge in [0.25, 0.3) is 0 Å². The first kappa shape index (κ1) is 26.6. The highest BCUT2D eigenvalue weighted by Gasteiger charge is 2.42. The van der Waals surface area contributed by atoms with Crippen LogP contribution in [0.2, 0.25) is 0 Å². The maximum atomic E-state index is 13.6. The topological polar surface area (TPSA) is 73.9 Å². The van der Waals surface area contributed by atoms with Gasteiger partial charge in [0.1, 0.15) is 17.6 Å². The monoisotopic (exact) mass is 544 g/mol. The molecule has 40 heavy (non-hydrogen) atoms. The van der Waals surface area contributed by atoms with Crippen molar-refractivity contribution in [2.75, 3.05) is 18.5 Å². The number of likely N-dealkylation sites (tertiary alicyclic amines) is 1. The lowest BCUT2D eigenvalue weighted by Gasteiger charge is -2.40. The van der Waals surface area contributed by atoms with Crippen molar-refractivity contribution < 1.29 is 18.7 Å². The van der Waals surface area contributed by atoms with Gasteiger partial charge < -0.3 is 20.3 Å². The molecule has 210 valence electrons. The van der Waals surface area contributed by atoms with Gasteiger partial charge in [-0.25, -0.2) is 9.18 Å². The summed E-state index contributed by atoms with van der Waals surface area (Å²) in [6, 6.07) is 18.9. The number of halogens is 1. The number of anilines is 1. The van der Waals surface area contributed by atoms with Crippen molar-refractivity contribution in [2.24, 2.45) is 0 Å². The molecule has 3 aliphatic rings. The van der Waals surface area contributed by atoms with E-state index < -0.39 is 6.04 Å².